The smallest absolute Gasteiger partial charge is 0.292 e. The Kier molecular flexibility index (Phi) is 5.47. The summed E-state index contributed by atoms with van der Waals surface area (Å²) in [6.45, 7) is 0. The highest BCUT2D eigenvalue weighted by Gasteiger charge is 2.12. The molecule has 2 rings (SSSR count). The largest absolute Gasteiger partial charge is 0.326 e. The van der Waals surface area contributed by atoms with E-state index in [9.17, 15) is 20.2 Å². The SMILES string of the molecule is O=[N+]([O-])c1ccc(/C=N\NC(=S)Nc2ccccc2[N+](=O)[O-])cc1. The summed E-state index contributed by atoms with van der Waals surface area (Å²) < 4.78 is 0. The third-order valence-corrected chi connectivity index (χ3v) is 3.03. The Bertz CT molecular complexity index is 807. The molecule has 9 nitrogen and oxygen atoms in total. The molecule has 0 amide bonds. The fourth-order valence-electron chi connectivity index (χ4n) is 1.74. The topological polar surface area (TPSA) is 123 Å². The number of thiocarbonyl (C=S) groups is 1. The number of rotatable bonds is 5. The molecule has 0 bridgehead atoms. The van der Waals surface area contributed by atoms with Crippen molar-refractivity contribution in [1.29, 1.82) is 0 Å². The lowest BCUT2D eigenvalue weighted by molar-refractivity contribution is -0.384. The standard InChI is InChI=1S/C14H11N5O4S/c20-18(21)11-7-5-10(6-8-11)9-15-17-14(24)16-12-3-1-2-4-13(12)19(22)23/h1-9H,(H2,16,17,24)/b15-9-. The van der Waals surface area contributed by atoms with Crippen LogP contribution in [0.5, 0.6) is 0 Å². The van der Waals surface area contributed by atoms with Gasteiger partial charge in [0.15, 0.2) is 5.11 Å². The minimum Gasteiger partial charge on any atom is -0.326 e. The predicted octanol–water partition coefficient (Wildman–Crippen LogP) is 2.82. The predicted molar refractivity (Wildman–Crippen MR) is 93.1 cm³/mol. The first-order valence-electron chi connectivity index (χ1n) is 6.55. The number of hydrogen-bond acceptors (Lipinski definition) is 6. The van der Waals surface area contributed by atoms with E-state index in [1.54, 1.807) is 12.1 Å². The molecule has 0 unspecified atom stereocenters. The number of nitro groups is 2. The summed E-state index contributed by atoms with van der Waals surface area (Å²) in [5, 5.41) is 28.1. The first kappa shape index (κ1) is 17.0. The molecule has 10 heteroatoms. The van der Waals surface area contributed by atoms with Gasteiger partial charge >= 0.3 is 0 Å². The molecule has 0 atom stereocenters. The number of non-ortho nitro benzene ring substituents is 1. The van der Waals surface area contributed by atoms with Crippen LogP contribution in [0.15, 0.2) is 53.6 Å². The third-order valence-electron chi connectivity index (χ3n) is 2.83. The fourth-order valence-corrected chi connectivity index (χ4v) is 1.90. The molecular formula is C14H11N5O4S. The molecule has 0 saturated carbocycles. The van der Waals surface area contributed by atoms with Crippen molar-refractivity contribution < 1.29 is 9.85 Å². The van der Waals surface area contributed by atoms with Gasteiger partial charge in [-0.25, -0.2) is 0 Å². The van der Waals surface area contributed by atoms with E-state index in [1.807, 2.05) is 0 Å². The van der Waals surface area contributed by atoms with Gasteiger partial charge in [0.2, 0.25) is 0 Å². The van der Waals surface area contributed by atoms with Gasteiger partial charge in [0.1, 0.15) is 5.69 Å². The van der Waals surface area contributed by atoms with E-state index in [2.05, 4.69) is 15.8 Å². The quantitative estimate of drug-likeness (QED) is 0.370. The Morgan fingerprint density at radius 1 is 1.04 bits per heavy atom. The summed E-state index contributed by atoms with van der Waals surface area (Å²) in [6, 6.07) is 11.8. The average molecular weight is 345 g/mol. The minimum atomic E-state index is -0.523. The minimum absolute atomic E-state index is 0.0197. The van der Waals surface area contributed by atoms with E-state index >= 15 is 0 Å². The van der Waals surface area contributed by atoms with Gasteiger partial charge in [0.05, 0.1) is 16.1 Å². The summed E-state index contributed by atoms with van der Waals surface area (Å²) in [4.78, 5) is 20.4. The van der Waals surface area contributed by atoms with Gasteiger partial charge in [0.25, 0.3) is 11.4 Å². The van der Waals surface area contributed by atoms with Gasteiger partial charge in [-0.05, 0) is 36.0 Å². The second-order valence-electron chi connectivity index (χ2n) is 4.45. The van der Waals surface area contributed by atoms with E-state index in [4.69, 9.17) is 12.2 Å². The molecule has 0 aliphatic carbocycles. The van der Waals surface area contributed by atoms with Gasteiger partial charge < -0.3 is 5.32 Å². The number of nitro benzene ring substituents is 2. The number of anilines is 1. The molecule has 0 heterocycles. The van der Waals surface area contributed by atoms with Crippen molar-refractivity contribution in [3.63, 3.8) is 0 Å². The zero-order valence-electron chi connectivity index (χ0n) is 12.1. The summed E-state index contributed by atoms with van der Waals surface area (Å²) >= 11 is 5.00. The Balaban J connectivity index is 1.96. The van der Waals surface area contributed by atoms with Gasteiger partial charge in [0, 0.05) is 18.2 Å². The van der Waals surface area contributed by atoms with Crippen LogP contribution < -0.4 is 10.7 Å². The molecule has 0 spiro atoms. The van der Waals surface area contributed by atoms with Gasteiger partial charge in [-0.1, -0.05) is 12.1 Å². The first-order chi connectivity index (χ1) is 11.5. The first-order valence-corrected chi connectivity index (χ1v) is 6.96. The molecule has 0 aliphatic rings. The van der Waals surface area contributed by atoms with Crippen LogP contribution in [0.1, 0.15) is 5.56 Å². The fraction of sp³-hybridized carbons (Fsp3) is 0. The van der Waals surface area contributed by atoms with Crippen LogP contribution >= 0.6 is 12.2 Å². The van der Waals surface area contributed by atoms with Crippen LogP contribution in [0, 0.1) is 20.2 Å². The number of benzene rings is 2. The van der Waals surface area contributed by atoms with Crippen LogP contribution in [-0.2, 0) is 0 Å². The lowest BCUT2D eigenvalue weighted by Crippen LogP contribution is -2.24. The summed E-state index contributed by atoms with van der Waals surface area (Å²) in [5.74, 6) is 0. The molecule has 2 aromatic rings. The van der Waals surface area contributed by atoms with Crippen molar-refractivity contribution in [3.05, 3.63) is 74.3 Å². The van der Waals surface area contributed by atoms with Crippen molar-refractivity contribution in [2.45, 2.75) is 0 Å². The van der Waals surface area contributed by atoms with Crippen molar-refractivity contribution in [2.75, 3.05) is 5.32 Å². The molecule has 0 fully saturated rings. The van der Waals surface area contributed by atoms with E-state index in [1.165, 1.54) is 42.6 Å². The Hall–Kier alpha value is -3.40. The van der Waals surface area contributed by atoms with Crippen LogP contribution in [0.2, 0.25) is 0 Å². The Morgan fingerprint density at radius 3 is 2.33 bits per heavy atom. The highest BCUT2D eigenvalue weighted by Crippen LogP contribution is 2.22. The number of nitrogens with one attached hydrogen (secondary N) is 2. The van der Waals surface area contributed by atoms with Crippen molar-refractivity contribution in [2.24, 2.45) is 5.10 Å². The van der Waals surface area contributed by atoms with Crippen molar-refractivity contribution >= 4 is 40.6 Å². The Morgan fingerprint density at radius 2 is 1.71 bits per heavy atom. The normalized spacial score (nSPS) is 10.3. The highest BCUT2D eigenvalue weighted by atomic mass is 32.1. The molecule has 2 N–H and O–H groups in total. The second kappa shape index (κ2) is 7.74. The lowest BCUT2D eigenvalue weighted by atomic mass is 10.2. The van der Waals surface area contributed by atoms with Crippen LogP contribution in [0.4, 0.5) is 17.1 Å². The van der Waals surface area contributed by atoms with E-state index in [0.29, 0.717) is 5.56 Å². The highest BCUT2D eigenvalue weighted by molar-refractivity contribution is 7.80. The molecule has 0 aromatic heterocycles. The summed E-state index contributed by atoms with van der Waals surface area (Å²) in [5.41, 5.74) is 3.25. The van der Waals surface area contributed by atoms with Crippen LogP contribution in [0.3, 0.4) is 0 Å². The van der Waals surface area contributed by atoms with E-state index in [0.717, 1.165) is 0 Å². The van der Waals surface area contributed by atoms with Gasteiger partial charge in [-0.2, -0.15) is 5.10 Å². The molecule has 122 valence electrons. The number of nitrogens with zero attached hydrogens (tertiary/aromatic N) is 3. The summed E-state index contributed by atoms with van der Waals surface area (Å²) in [6.07, 6.45) is 1.41. The molecule has 0 saturated heterocycles. The second-order valence-corrected chi connectivity index (χ2v) is 4.86. The molecule has 0 radical (unpaired) electrons. The van der Waals surface area contributed by atoms with Gasteiger partial charge in [-0.15, -0.1) is 0 Å². The number of hydrazone groups is 1. The Labute approximate surface area is 141 Å². The maximum atomic E-state index is 10.9. The number of para-hydroxylation sites is 2. The van der Waals surface area contributed by atoms with E-state index in [-0.39, 0.29) is 22.2 Å². The van der Waals surface area contributed by atoms with Crippen LogP contribution in [-0.4, -0.2) is 21.2 Å². The zero-order valence-corrected chi connectivity index (χ0v) is 12.9. The van der Waals surface area contributed by atoms with Crippen molar-refractivity contribution in [3.8, 4) is 0 Å². The van der Waals surface area contributed by atoms with Crippen LogP contribution in [0.25, 0.3) is 0 Å². The molecule has 2 aromatic carbocycles. The molecule has 24 heavy (non-hydrogen) atoms. The zero-order chi connectivity index (χ0) is 17.5. The molecular weight excluding hydrogens is 334 g/mol. The average Bonchev–Trinajstić information content (AvgIpc) is 2.55. The van der Waals surface area contributed by atoms with E-state index < -0.39 is 9.85 Å². The summed E-state index contributed by atoms with van der Waals surface area (Å²) in [7, 11) is 0. The lowest BCUT2D eigenvalue weighted by Gasteiger charge is -2.07. The van der Waals surface area contributed by atoms with Gasteiger partial charge in [-0.3, -0.25) is 25.7 Å². The van der Waals surface area contributed by atoms with Crippen molar-refractivity contribution in [1.82, 2.24) is 5.43 Å². The maximum Gasteiger partial charge on any atom is 0.292 e. The number of hydrogen-bond donors (Lipinski definition) is 2. The monoisotopic (exact) mass is 345 g/mol. The molecule has 0 aliphatic heterocycles. The third kappa shape index (κ3) is 4.55. The maximum absolute atomic E-state index is 10.9.